The van der Waals surface area contributed by atoms with Crippen molar-refractivity contribution in [1.29, 1.82) is 0 Å². The lowest BCUT2D eigenvalue weighted by Gasteiger charge is -2.34. The molecule has 0 saturated heterocycles. The topological polar surface area (TPSA) is 52.0 Å². The number of aromatic nitrogens is 3. The van der Waals surface area contributed by atoms with E-state index >= 15 is 0 Å². The minimum absolute atomic E-state index is 0.221. The Labute approximate surface area is 116 Å². The molecule has 1 aromatic heterocycles. The quantitative estimate of drug-likeness (QED) is 0.785. The maximum atomic E-state index is 5.63. The molecule has 0 aliphatic heterocycles. The second-order valence-electron chi connectivity index (χ2n) is 5.73. The van der Waals surface area contributed by atoms with Crippen LogP contribution in [0.2, 0.25) is 0 Å². The summed E-state index contributed by atoms with van der Waals surface area (Å²) in [6.45, 7) is 11.6. The molecule has 110 valence electrons. The molecule has 1 heterocycles. The van der Waals surface area contributed by atoms with Crippen molar-refractivity contribution >= 4 is 0 Å². The average Bonchev–Trinajstić information content (AvgIpc) is 2.82. The first-order chi connectivity index (χ1) is 8.92. The molecule has 0 aliphatic carbocycles. The van der Waals surface area contributed by atoms with Crippen LogP contribution in [-0.2, 0) is 11.2 Å². The van der Waals surface area contributed by atoms with Gasteiger partial charge in [-0.1, -0.05) is 6.92 Å². The molecule has 1 N–H and O–H groups in total. The molecule has 0 amide bonds. The average molecular weight is 268 g/mol. The lowest BCUT2D eigenvalue weighted by atomic mass is 9.95. The molecular formula is C14H28N4O. The van der Waals surface area contributed by atoms with Gasteiger partial charge in [-0.15, -0.1) is 0 Å². The Morgan fingerprint density at radius 3 is 2.63 bits per heavy atom. The molecule has 0 bridgehead atoms. The van der Waals surface area contributed by atoms with Gasteiger partial charge in [-0.3, -0.25) is 0 Å². The van der Waals surface area contributed by atoms with Crippen molar-refractivity contribution in [3.8, 4) is 0 Å². The van der Waals surface area contributed by atoms with Crippen molar-refractivity contribution in [2.24, 2.45) is 0 Å². The molecular weight excluding hydrogens is 240 g/mol. The smallest absolute Gasteiger partial charge is 0.138 e. The standard InChI is InChI=1S/C14H28N4O/c1-7-8-15-12(14(4,5)19-6)9-13-16-10-17-18(13)11(2)3/h10-12,15H,7-9H2,1-6H3. The van der Waals surface area contributed by atoms with E-state index in [0.29, 0.717) is 6.04 Å². The SMILES string of the molecule is CCCNC(Cc1ncnn1C(C)C)C(C)(C)OC. The van der Waals surface area contributed by atoms with Crippen LogP contribution in [0.25, 0.3) is 0 Å². The predicted octanol–water partition coefficient (Wildman–Crippen LogP) is 2.19. The normalized spacial score (nSPS) is 14.1. The highest BCUT2D eigenvalue weighted by Crippen LogP contribution is 2.18. The molecule has 5 heteroatoms. The van der Waals surface area contributed by atoms with Gasteiger partial charge in [0.25, 0.3) is 0 Å². The Morgan fingerprint density at radius 1 is 1.42 bits per heavy atom. The lowest BCUT2D eigenvalue weighted by Crippen LogP contribution is -2.50. The number of hydrogen-bond acceptors (Lipinski definition) is 4. The van der Waals surface area contributed by atoms with Crippen molar-refractivity contribution in [3.63, 3.8) is 0 Å². The van der Waals surface area contributed by atoms with Gasteiger partial charge in [0, 0.05) is 25.6 Å². The van der Waals surface area contributed by atoms with Gasteiger partial charge in [-0.25, -0.2) is 9.67 Å². The zero-order valence-corrected chi connectivity index (χ0v) is 13.1. The van der Waals surface area contributed by atoms with Crippen LogP contribution in [0, 0.1) is 0 Å². The summed E-state index contributed by atoms with van der Waals surface area (Å²) in [6, 6.07) is 0.550. The van der Waals surface area contributed by atoms with Crippen LogP contribution in [0.1, 0.15) is 52.9 Å². The van der Waals surface area contributed by atoms with Gasteiger partial charge in [0.15, 0.2) is 0 Å². The Balaban J connectivity index is 2.84. The van der Waals surface area contributed by atoms with Crippen LogP contribution in [0.15, 0.2) is 6.33 Å². The van der Waals surface area contributed by atoms with E-state index in [-0.39, 0.29) is 11.6 Å². The van der Waals surface area contributed by atoms with Gasteiger partial charge in [-0.2, -0.15) is 5.10 Å². The Hall–Kier alpha value is -0.940. The van der Waals surface area contributed by atoms with Gasteiger partial charge < -0.3 is 10.1 Å². The van der Waals surface area contributed by atoms with Crippen LogP contribution >= 0.6 is 0 Å². The molecule has 1 aromatic rings. The fourth-order valence-electron chi connectivity index (χ4n) is 2.06. The van der Waals surface area contributed by atoms with Gasteiger partial charge in [0.1, 0.15) is 12.2 Å². The van der Waals surface area contributed by atoms with Gasteiger partial charge in [-0.05, 0) is 40.7 Å². The molecule has 0 spiro atoms. The molecule has 1 atom stereocenters. The van der Waals surface area contributed by atoms with Crippen LogP contribution in [0.3, 0.4) is 0 Å². The van der Waals surface area contributed by atoms with E-state index in [0.717, 1.165) is 25.2 Å². The van der Waals surface area contributed by atoms with Crippen molar-refractivity contribution in [2.75, 3.05) is 13.7 Å². The Bertz CT molecular complexity index is 373. The Morgan fingerprint density at radius 2 is 2.11 bits per heavy atom. The first kappa shape index (κ1) is 16.1. The second-order valence-corrected chi connectivity index (χ2v) is 5.73. The summed E-state index contributed by atoms with van der Waals surface area (Å²) in [4.78, 5) is 4.39. The summed E-state index contributed by atoms with van der Waals surface area (Å²) in [7, 11) is 1.76. The number of nitrogens with zero attached hydrogens (tertiary/aromatic N) is 3. The molecule has 5 nitrogen and oxygen atoms in total. The zero-order chi connectivity index (χ0) is 14.5. The minimum Gasteiger partial charge on any atom is -0.377 e. The highest BCUT2D eigenvalue weighted by Gasteiger charge is 2.30. The van der Waals surface area contributed by atoms with E-state index in [4.69, 9.17) is 4.74 Å². The molecule has 1 unspecified atom stereocenters. The molecule has 0 aromatic carbocycles. The largest absolute Gasteiger partial charge is 0.377 e. The number of nitrogens with one attached hydrogen (secondary N) is 1. The third kappa shape index (κ3) is 4.28. The maximum Gasteiger partial charge on any atom is 0.138 e. The summed E-state index contributed by atoms with van der Waals surface area (Å²) in [6.07, 6.45) is 3.55. The highest BCUT2D eigenvalue weighted by molar-refractivity contribution is 4.97. The van der Waals surface area contributed by atoms with E-state index in [1.54, 1.807) is 13.4 Å². The molecule has 0 radical (unpaired) electrons. The van der Waals surface area contributed by atoms with Crippen molar-refractivity contribution in [1.82, 2.24) is 20.1 Å². The van der Waals surface area contributed by atoms with Crippen LogP contribution in [-0.4, -0.2) is 40.1 Å². The molecule has 1 rings (SSSR count). The van der Waals surface area contributed by atoms with E-state index in [9.17, 15) is 0 Å². The summed E-state index contributed by atoms with van der Waals surface area (Å²) in [5.41, 5.74) is -0.233. The summed E-state index contributed by atoms with van der Waals surface area (Å²) < 4.78 is 7.60. The van der Waals surface area contributed by atoms with E-state index in [1.165, 1.54) is 0 Å². The Kier molecular flexibility index (Phi) is 5.94. The van der Waals surface area contributed by atoms with Crippen molar-refractivity contribution < 1.29 is 4.74 Å². The fraction of sp³-hybridized carbons (Fsp3) is 0.857. The molecule has 0 aliphatic rings. The third-order valence-corrected chi connectivity index (χ3v) is 3.53. The molecule has 0 fully saturated rings. The maximum absolute atomic E-state index is 5.63. The van der Waals surface area contributed by atoms with Crippen LogP contribution in [0.5, 0.6) is 0 Å². The van der Waals surface area contributed by atoms with Crippen LogP contribution in [0.4, 0.5) is 0 Å². The lowest BCUT2D eigenvalue weighted by molar-refractivity contribution is -0.0108. The van der Waals surface area contributed by atoms with Crippen molar-refractivity contribution in [3.05, 3.63) is 12.2 Å². The van der Waals surface area contributed by atoms with Gasteiger partial charge >= 0.3 is 0 Å². The summed E-state index contributed by atoms with van der Waals surface area (Å²) >= 11 is 0. The number of rotatable bonds is 8. The number of ether oxygens (including phenoxy) is 1. The summed E-state index contributed by atoms with van der Waals surface area (Å²) in [5.74, 6) is 1.01. The first-order valence-electron chi connectivity index (χ1n) is 7.09. The summed E-state index contributed by atoms with van der Waals surface area (Å²) in [5, 5.41) is 7.85. The minimum atomic E-state index is -0.233. The van der Waals surface area contributed by atoms with E-state index in [1.807, 2.05) is 4.68 Å². The zero-order valence-electron chi connectivity index (χ0n) is 13.1. The van der Waals surface area contributed by atoms with Gasteiger partial charge in [0.05, 0.1) is 5.60 Å². The fourth-order valence-corrected chi connectivity index (χ4v) is 2.06. The number of hydrogen-bond donors (Lipinski definition) is 1. The van der Waals surface area contributed by atoms with Crippen molar-refractivity contribution in [2.45, 2.75) is 65.1 Å². The second kappa shape index (κ2) is 7.01. The highest BCUT2D eigenvalue weighted by atomic mass is 16.5. The van der Waals surface area contributed by atoms with Crippen LogP contribution < -0.4 is 5.32 Å². The third-order valence-electron chi connectivity index (χ3n) is 3.53. The van der Waals surface area contributed by atoms with Gasteiger partial charge in [0.2, 0.25) is 0 Å². The molecule has 19 heavy (non-hydrogen) atoms. The first-order valence-corrected chi connectivity index (χ1v) is 7.09. The van der Waals surface area contributed by atoms with E-state index < -0.39 is 0 Å². The van der Waals surface area contributed by atoms with E-state index in [2.05, 4.69) is 50.0 Å². The predicted molar refractivity (Wildman–Crippen MR) is 77.3 cm³/mol. The monoisotopic (exact) mass is 268 g/mol. The molecule has 0 saturated carbocycles. The number of methoxy groups -OCH3 is 1.